The third kappa shape index (κ3) is 4.30. The van der Waals surface area contributed by atoms with E-state index in [1.165, 1.54) is 24.5 Å². The van der Waals surface area contributed by atoms with E-state index in [9.17, 15) is 9.59 Å². The second kappa shape index (κ2) is 7.39. The van der Waals surface area contributed by atoms with Gasteiger partial charge in [-0.3, -0.25) is 14.9 Å². The first-order chi connectivity index (χ1) is 10.5. The second-order valence-corrected chi connectivity index (χ2v) is 6.10. The summed E-state index contributed by atoms with van der Waals surface area (Å²) < 4.78 is 10.7. The van der Waals surface area contributed by atoms with E-state index in [2.05, 4.69) is 15.8 Å². The average molecular weight is 344 g/mol. The van der Waals surface area contributed by atoms with Gasteiger partial charge in [-0.2, -0.15) is 0 Å². The van der Waals surface area contributed by atoms with E-state index in [1.807, 2.05) is 6.07 Å². The van der Waals surface area contributed by atoms with Crippen molar-refractivity contribution in [2.45, 2.75) is 13.0 Å². The Balaban J connectivity index is 1.86. The van der Waals surface area contributed by atoms with Crippen LogP contribution in [-0.4, -0.2) is 30.6 Å². The number of nitrogens with zero attached hydrogens (tertiary/aromatic N) is 1. The molecule has 0 fully saturated rings. The molecule has 9 heteroatoms. The van der Waals surface area contributed by atoms with Crippen molar-refractivity contribution >= 4 is 40.6 Å². The Morgan fingerprint density at radius 2 is 2.23 bits per heavy atom. The molecule has 2 amide bonds. The number of carbonyl (C=O) groups is 2. The molecule has 0 aliphatic heterocycles. The summed E-state index contributed by atoms with van der Waals surface area (Å²) in [6.45, 7) is 1.83. The summed E-state index contributed by atoms with van der Waals surface area (Å²) in [6.07, 6.45) is -0.372. The van der Waals surface area contributed by atoms with Crippen LogP contribution in [0.5, 0.6) is 0 Å². The van der Waals surface area contributed by atoms with Gasteiger partial charge >= 0.3 is 11.8 Å². The minimum atomic E-state index is -0.827. The van der Waals surface area contributed by atoms with Gasteiger partial charge in [0.05, 0.1) is 4.34 Å². The number of aryl methyl sites for hydroxylation is 1. The Kier molecular flexibility index (Phi) is 5.53. The van der Waals surface area contributed by atoms with Crippen LogP contribution >= 0.6 is 22.9 Å². The molecule has 0 bridgehead atoms. The van der Waals surface area contributed by atoms with Gasteiger partial charge in [0, 0.05) is 24.6 Å². The predicted molar refractivity (Wildman–Crippen MR) is 82.0 cm³/mol. The molecule has 2 aromatic heterocycles. The summed E-state index contributed by atoms with van der Waals surface area (Å²) >= 11 is 7.21. The Morgan fingerprint density at radius 3 is 2.77 bits per heavy atom. The largest absolute Gasteiger partial charge is 0.374 e. The molecule has 0 aliphatic rings. The van der Waals surface area contributed by atoms with Gasteiger partial charge in [0.25, 0.3) is 0 Å². The second-order valence-electron chi connectivity index (χ2n) is 4.35. The molecule has 2 rings (SSSR count). The van der Waals surface area contributed by atoms with Gasteiger partial charge in [0.15, 0.2) is 5.82 Å². The Bertz CT molecular complexity index is 670. The van der Waals surface area contributed by atoms with E-state index in [0.29, 0.717) is 10.1 Å². The molecule has 7 nitrogen and oxygen atoms in total. The number of thiophene rings is 1. The molecule has 2 aromatic rings. The number of amides is 2. The lowest BCUT2D eigenvalue weighted by Gasteiger charge is -2.14. The lowest BCUT2D eigenvalue weighted by Crippen LogP contribution is -2.37. The van der Waals surface area contributed by atoms with Crippen LogP contribution in [0.25, 0.3) is 0 Å². The minimum Gasteiger partial charge on any atom is -0.374 e. The SMILES string of the molecule is COC(CNC(=O)C(=O)Nc1cc(C)on1)c1ccc(Cl)s1. The number of hydrogen-bond donors (Lipinski definition) is 2. The number of rotatable bonds is 5. The first-order valence-corrected chi connectivity index (χ1v) is 7.49. The Hall–Kier alpha value is -1.90. The van der Waals surface area contributed by atoms with Crippen molar-refractivity contribution in [1.82, 2.24) is 10.5 Å². The van der Waals surface area contributed by atoms with E-state index in [1.54, 1.807) is 13.0 Å². The van der Waals surface area contributed by atoms with Crippen molar-refractivity contribution in [3.63, 3.8) is 0 Å². The lowest BCUT2D eigenvalue weighted by molar-refractivity contribution is -0.136. The number of ether oxygens (including phenoxy) is 1. The van der Waals surface area contributed by atoms with Crippen LogP contribution in [0.2, 0.25) is 4.34 Å². The molecule has 2 N–H and O–H groups in total. The summed E-state index contributed by atoms with van der Waals surface area (Å²) in [5.74, 6) is -0.895. The molecule has 0 spiro atoms. The van der Waals surface area contributed by atoms with Gasteiger partial charge in [-0.1, -0.05) is 16.8 Å². The third-order valence-corrected chi connectivity index (χ3v) is 4.04. The summed E-state index contributed by atoms with van der Waals surface area (Å²) in [4.78, 5) is 24.3. The molecule has 0 saturated heterocycles. The summed E-state index contributed by atoms with van der Waals surface area (Å²) in [6, 6.07) is 5.07. The first-order valence-electron chi connectivity index (χ1n) is 6.30. The van der Waals surface area contributed by atoms with Crippen LogP contribution in [0.15, 0.2) is 22.7 Å². The van der Waals surface area contributed by atoms with Crippen LogP contribution < -0.4 is 10.6 Å². The molecule has 0 saturated carbocycles. The molecule has 1 unspecified atom stereocenters. The maximum absolute atomic E-state index is 11.8. The zero-order chi connectivity index (χ0) is 16.1. The highest BCUT2D eigenvalue weighted by atomic mass is 35.5. The molecular formula is C13H14ClN3O4S. The van der Waals surface area contributed by atoms with Crippen molar-refractivity contribution in [2.75, 3.05) is 19.0 Å². The van der Waals surface area contributed by atoms with Gasteiger partial charge in [0.2, 0.25) is 0 Å². The molecule has 1 atom stereocenters. The highest BCUT2D eigenvalue weighted by molar-refractivity contribution is 7.16. The minimum absolute atomic E-state index is 0.150. The Morgan fingerprint density at radius 1 is 1.45 bits per heavy atom. The van der Waals surface area contributed by atoms with E-state index in [0.717, 1.165) is 4.88 Å². The fraction of sp³-hybridized carbons (Fsp3) is 0.308. The zero-order valence-electron chi connectivity index (χ0n) is 11.9. The van der Waals surface area contributed by atoms with Crippen molar-refractivity contribution < 1.29 is 18.8 Å². The highest BCUT2D eigenvalue weighted by Crippen LogP contribution is 2.28. The van der Waals surface area contributed by atoms with Gasteiger partial charge in [-0.05, 0) is 19.1 Å². The number of methoxy groups -OCH3 is 1. The van der Waals surface area contributed by atoms with Crippen LogP contribution in [0, 0.1) is 6.92 Å². The van der Waals surface area contributed by atoms with Crippen LogP contribution in [-0.2, 0) is 14.3 Å². The topological polar surface area (TPSA) is 93.5 Å². The number of anilines is 1. The molecule has 0 aromatic carbocycles. The summed E-state index contributed by atoms with van der Waals surface area (Å²) in [5, 5.41) is 8.41. The number of carbonyl (C=O) groups excluding carboxylic acids is 2. The van der Waals surface area contributed by atoms with Gasteiger partial charge < -0.3 is 14.6 Å². The van der Waals surface area contributed by atoms with E-state index >= 15 is 0 Å². The molecule has 22 heavy (non-hydrogen) atoms. The molecule has 2 heterocycles. The number of aromatic nitrogens is 1. The zero-order valence-corrected chi connectivity index (χ0v) is 13.5. The van der Waals surface area contributed by atoms with Gasteiger partial charge in [-0.25, -0.2) is 0 Å². The van der Waals surface area contributed by atoms with Crippen LogP contribution in [0.3, 0.4) is 0 Å². The maximum Gasteiger partial charge on any atom is 0.314 e. The van der Waals surface area contributed by atoms with Gasteiger partial charge in [-0.15, -0.1) is 11.3 Å². The van der Waals surface area contributed by atoms with Crippen molar-refractivity contribution in [1.29, 1.82) is 0 Å². The van der Waals surface area contributed by atoms with E-state index in [4.69, 9.17) is 20.9 Å². The smallest absolute Gasteiger partial charge is 0.314 e. The van der Waals surface area contributed by atoms with Crippen molar-refractivity contribution in [3.05, 3.63) is 33.2 Å². The standard InChI is InChI=1S/C13H14ClN3O4S/c1-7-5-11(17-21-7)16-13(19)12(18)15-6-8(20-2)9-3-4-10(14)22-9/h3-5,8H,6H2,1-2H3,(H,15,18)(H,16,17,19). The van der Waals surface area contributed by atoms with E-state index < -0.39 is 11.8 Å². The van der Waals surface area contributed by atoms with Crippen molar-refractivity contribution in [2.24, 2.45) is 0 Å². The third-order valence-electron chi connectivity index (χ3n) is 2.72. The van der Waals surface area contributed by atoms with Crippen LogP contribution in [0.4, 0.5) is 5.82 Å². The highest BCUT2D eigenvalue weighted by Gasteiger charge is 2.19. The summed E-state index contributed by atoms with van der Waals surface area (Å²) in [5.41, 5.74) is 0. The predicted octanol–water partition coefficient (Wildman–Crippen LogP) is 2.14. The molecular weight excluding hydrogens is 330 g/mol. The fourth-order valence-corrected chi connectivity index (χ4v) is 2.80. The van der Waals surface area contributed by atoms with Crippen LogP contribution in [0.1, 0.15) is 16.7 Å². The van der Waals surface area contributed by atoms with Crippen molar-refractivity contribution in [3.8, 4) is 0 Å². The van der Waals surface area contributed by atoms with E-state index in [-0.39, 0.29) is 18.5 Å². The summed E-state index contributed by atoms with van der Waals surface area (Å²) in [7, 11) is 1.52. The number of nitrogens with one attached hydrogen (secondary N) is 2. The van der Waals surface area contributed by atoms with Gasteiger partial charge in [0.1, 0.15) is 11.9 Å². The normalized spacial score (nSPS) is 12.0. The number of hydrogen-bond acceptors (Lipinski definition) is 6. The first kappa shape index (κ1) is 16.5. The number of halogens is 1. The monoisotopic (exact) mass is 343 g/mol. The molecule has 118 valence electrons. The average Bonchev–Trinajstić information content (AvgIpc) is 3.08. The molecule has 0 radical (unpaired) electrons. The Labute approximate surface area is 135 Å². The fourth-order valence-electron chi connectivity index (χ4n) is 1.67. The maximum atomic E-state index is 11.8. The molecule has 0 aliphatic carbocycles. The quantitative estimate of drug-likeness (QED) is 0.811. The lowest BCUT2D eigenvalue weighted by atomic mass is 10.3.